The Bertz CT molecular complexity index is 492. The van der Waals surface area contributed by atoms with E-state index in [0.717, 1.165) is 6.07 Å². The number of amides is 1. The number of benzene rings is 1. The minimum Gasteiger partial charge on any atom is -0.481 e. The number of carbonyl (C=O) groups excluding carboxylic acids is 1. The fourth-order valence-electron chi connectivity index (χ4n) is 1.50. The Balaban J connectivity index is 2.53. The minimum atomic E-state index is -1.23. The highest BCUT2D eigenvalue weighted by Gasteiger charge is 2.12. The van der Waals surface area contributed by atoms with Crippen molar-refractivity contribution in [3.63, 3.8) is 0 Å². The van der Waals surface area contributed by atoms with Gasteiger partial charge in [0.2, 0.25) is 0 Å². The first-order valence-corrected chi connectivity index (χ1v) is 5.88. The molecule has 0 bridgehead atoms. The van der Waals surface area contributed by atoms with Gasteiger partial charge >= 0.3 is 5.97 Å². The Kier molecular flexibility index (Phi) is 5.92. The number of carbonyl (C=O) groups is 2. The number of carboxylic acids is 1. The summed E-state index contributed by atoms with van der Waals surface area (Å²) in [6, 6.07) is 3.02. The van der Waals surface area contributed by atoms with E-state index in [1.54, 1.807) is 6.92 Å². The smallest absolute Gasteiger partial charge is 0.335 e. The summed E-state index contributed by atoms with van der Waals surface area (Å²) in [5.41, 5.74) is -0.187. The van der Waals surface area contributed by atoms with Crippen molar-refractivity contribution >= 4 is 11.9 Å². The maximum atomic E-state index is 13.5. The molecule has 0 saturated heterocycles. The molecule has 20 heavy (non-hydrogen) atoms. The molecule has 0 saturated carbocycles. The molecule has 1 amide bonds. The van der Waals surface area contributed by atoms with Crippen LogP contribution in [-0.4, -0.2) is 43.3 Å². The number of ether oxygens (including phenoxy) is 2. The van der Waals surface area contributed by atoms with Crippen LogP contribution >= 0.6 is 0 Å². The SMILES string of the molecule is COCC(C)NC(=O)COc1ccc(C(=O)O)cc1F. The Labute approximate surface area is 115 Å². The zero-order valence-corrected chi connectivity index (χ0v) is 11.2. The van der Waals surface area contributed by atoms with E-state index in [-0.39, 0.29) is 24.0 Å². The lowest BCUT2D eigenvalue weighted by atomic mass is 10.2. The summed E-state index contributed by atoms with van der Waals surface area (Å²) in [5.74, 6) is -2.66. The van der Waals surface area contributed by atoms with Gasteiger partial charge < -0.3 is 19.9 Å². The Hall–Kier alpha value is -2.15. The summed E-state index contributed by atoms with van der Waals surface area (Å²) >= 11 is 0. The number of hydrogen-bond acceptors (Lipinski definition) is 4. The molecule has 1 atom stereocenters. The fourth-order valence-corrected chi connectivity index (χ4v) is 1.50. The maximum absolute atomic E-state index is 13.5. The number of nitrogens with one attached hydrogen (secondary N) is 1. The van der Waals surface area contributed by atoms with Crippen molar-refractivity contribution in [3.8, 4) is 5.75 Å². The zero-order valence-electron chi connectivity index (χ0n) is 11.2. The van der Waals surface area contributed by atoms with Crippen LogP contribution in [0.1, 0.15) is 17.3 Å². The van der Waals surface area contributed by atoms with Crippen LogP contribution in [0.15, 0.2) is 18.2 Å². The van der Waals surface area contributed by atoms with Gasteiger partial charge in [0.1, 0.15) is 0 Å². The zero-order chi connectivity index (χ0) is 15.1. The second kappa shape index (κ2) is 7.44. The minimum absolute atomic E-state index is 0.176. The van der Waals surface area contributed by atoms with Crippen LogP contribution in [0.4, 0.5) is 4.39 Å². The van der Waals surface area contributed by atoms with Crippen molar-refractivity contribution < 1.29 is 28.6 Å². The topological polar surface area (TPSA) is 84.9 Å². The molecule has 0 radical (unpaired) electrons. The normalized spacial score (nSPS) is 11.8. The molecule has 2 N–H and O–H groups in total. The van der Waals surface area contributed by atoms with E-state index in [9.17, 15) is 14.0 Å². The lowest BCUT2D eigenvalue weighted by Crippen LogP contribution is -2.38. The monoisotopic (exact) mass is 285 g/mol. The van der Waals surface area contributed by atoms with Gasteiger partial charge in [0.05, 0.1) is 12.2 Å². The largest absolute Gasteiger partial charge is 0.481 e. The second-order valence-electron chi connectivity index (χ2n) is 4.16. The number of rotatable bonds is 7. The van der Waals surface area contributed by atoms with Crippen molar-refractivity contribution in [1.29, 1.82) is 0 Å². The molecule has 0 aliphatic heterocycles. The Morgan fingerprint density at radius 3 is 2.70 bits per heavy atom. The van der Waals surface area contributed by atoms with Gasteiger partial charge in [0.25, 0.3) is 5.91 Å². The van der Waals surface area contributed by atoms with Crippen LogP contribution in [-0.2, 0) is 9.53 Å². The van der Waals surface area contributed by atoms with Crippen LogP contribution in [0.3, 0.4) is 0 Å². The van der Waals surface area contributed by atoms with Gasteiger partial charge in [-0.3, -0.25) is 4.79 Å². The molecule has 0 aliphatic carbocycles. The summed E-state index contributed by atoms with van der Waals surface area (Å²) in [4.78, 5) is 22.1. The van der Waals surface area contributed by atoms with E-state index < -0.39 is 17.7 Å². The standard InChI is InChI=1S/C13H16FNO5/c1-8(6-19-2)15-12(16)7-20-11-4-3-9(13(17)18)5-10(11)14/h3-5,8H,6-7H2,1-2H3,(H,15,16)(H,17,18). The number of aromatic carboxylic acids is 1. The molecule has 1 aromatic rings. The van der Waals surface area contributed by atoms with Gasteiger partial charge in [-0.05, 0) is 25.1 Å². The fraction of sp³-hybridized carbons (Fsp3) is 0.385. The molecule has 0 aromatic heterocycles. The summed E-state index contributed by atoms with van der Waals surface area (Å²) in [6.45, 7) is 1.74. The van der Waals surface area contributed by atoms with Crippen molar-refractivity contribution in [3.05, 3.63) is 29.6 Å². The van der Waals surface area contributed by atoms with Gasteiger partial charge in [0, 0.05) is 13.2 Å². The first kappa shape index (κ1) is 15.9. The molecule has 1 unspecified atom stereocenters. The van der Waals surface area contributed by atoms with E-state index in [2.05, 4.69) is 5.32 Å². The third kappa shape index (κ3) is 4.85. The number of methoxy groups -OCH3 is 1. The molecule has 110 valence electrons. The third-order valence-electron chi connectivity index (χ3n) is 2.36. The van der Waals surface area contributed by atoms with Crippen LogP contribution in [0.25, 0.3) is 0 Å². The van der Waals surface area contributed by atoms with E-state index in [1.807, 2.05) is 0 Å². The molecule has 7 heteroatoms. The summed E-state index contributed by atoms with van der Waals surface area (Å²) < 4.78 is 23.3. The van der Waals surface area contributed by atoms with E-state index in [1.165, 1.54) is 19.2 Å². The number of halogens is 1. The highest BCUT2D eigenvalue weighted by atomic mass is 19.1. The maximum Gasteiger partial charge on any atom is 0.335 e. The average molecular weight is 285 g/mol. The summed E-state index contributed by atoms with van der Waals surface area (Å²) in [6.07, 6.45) is 0. The van der Waals surface area contributed by atoms with Gasteiger partial charge in [-0.25, -0.2) is 9.18 Å². The molecule has 1 aromatic carbocycles. The first-order chi connectivity index (χ1) is 9.43. The van der Waals surface area contributed by atoms with E-state index >= 15 is 0 Å². The molecular formula is C13H16FNO5. The molecule has 0 spiro atoms. The van der Waals surface area contributed by atoms with Crippen LogP contribution in [0.2, 0.25) is 0 Å². The predicted octanol–water partition coefficient (Wildman–Crippen LogP) is 1.05. The second-order valence-corrected chi connectivity index (χ2v) is 4.16. The van der Waals surface area contributed by atoms with Crippen LogP contribution in [0, 0.1) is 5.82 Å². The molecule has 0 heterocycles. The van der Waals surface area contributed by atoms with Crippen LogP contribution in [0.5, 0.6) is 5.75 Å². The van der Waals surface area contributed by atoms with Crippen molar-refractivity contribution in [2.75, 3.05) is 20.3 Å². The lowest BCUT2D eigenvalue weighted by molar-refractivity contribution is -0.124. The van der Waals surface area contributed by atoms with Gasteiger partial charge in [-0.2, -0.15) is 0 Å². The van der Waals surface area contributed by atoms with Gasteiger partial charge in [-0.15, -0.1) is 0 Å². The Morgan fingerprint density at radius 1 is 1.45 bits per heavy atom. The quantitative estimate of drug-likeness (QED) is 0.782. The van der Waals surface area contributed by atoms with E-state index in [0.29, 0.717) is 6.61 Å². The summed E-state index contributed by atoms with van der Waals surface area (Å²) in [7, 11) is 1.51. The molecule has 6 nitrogen and oxygen atoms in total. The van der Waals surface area contributed by atoms with E-state index in [4.69, 9.17) is 14.6 Å². The highest BCUT2D eigenvalue weighted by molar-refractivity contribution is 5.87. The van der Waals surface area contributed by atoms with Gasteiger partial charge in [0.15, 0.2) is 18.2 Å². The third-order valence-corrected chi connectivity index (χ3v) is 2.36. The van der Waals surface area contributed by atoms with Crippen LogP contribution < -0.4 is 10.1 Å². The average Bonchev–Trinajstić information content (AvgIpc) is 2.37. The van der Waals surface area contributed by atoms with Crippen molar-refractivity contribution in [2.45, 2.75) is 13.0 Å². The molecular weight excluding hydrogens is 269 g/mol. The number of carboxylic acid groups (broad SMARTS) is 1. The van der Waals surface area contributed by atoms with Crippen molar-refractivity contribution in [2.24, 2.45) is 0 Å². The summed E-state index contributed by atoms with van der Waals surface area (Å²) in [5, 5.41) is 11.3. The first-order valence-electron chi connectivity index (χ1n) is 5.88. The van der Waals surface area contributed by atoms with Gasteiger partial charge in [-0.1, -0.05) is 0 Å². The predicted molar refractivity (Wildman–Crippen MR) is 68.3 cm³/mol. The molecule has 0 fully saturated rings. The molecule has 0 aliphatic rings. The lowest BCUT2D eigenvalue weighted by Gasteiger charge is -2.13. The number of hydrogen-bond donors (Lipinski definition) is 2. The highest BCUT2D eigenvalue weighted by Crippen LogP contribution is 2.18. The molecule has 1 rings (SSSR count). The Morgan fingerprint density at radius 2 is 2.15 bits per heavy atom. The van der Waals surface area contributed by atoms with Crippen molar-refractivity contribution in [1.82, 2.24) is 5.32 Å².